The zero-order chi connectivity index (χ0) is 18.9. The van der Waals surface area contributed by atoms with Gasteiger partial charge in [-0.2, -0.15) is 0 Å². The summed E-state index contributed by atoms with van der Waals surface area (Å²) >= 11 is 6.75. The van der Waals surface area contributed by atoms with Crippen LogP contribution in [0.2, 0.25) is 5.02 Å². The summed E-state index contributed by atoms with van der Waals surface area (Å²) < 4.78 is 25.5. The van der Waals surface area contributed by atoms with E-state index in [2.05, 4.69) is 5.32 Å². The molecular weight excluding hydrogens is 390 g/mol. The van der Waals surface area contributed by atoms with Crippen molar-refractivity contribution in [2.24, 2.45) is 0 Å². The predicted molar refractivity (Wildman–Crippen MR) is 105 cm³/mol. The van der Waals surface area contributed by atoms with E-state index in [9.17, 15) is 13.2 Å². The van der Waals surface area contributed by atoms with Gasteiger partial charge in [-0.1, -0.05) is 23.7 Å². The van der Waals surface area contributed by atoms with Crippen molar-refractivity contribution in [2.45, 2.75) is 23.0 Å². The van der Waals surface area contributed by atoms with Crippen LogP contribution in [-0.2, 0) is 9.84 Å². The normalized spacial score (nSPS) is 11.3. The van der Waals surface area contributed by atoms with E-state index in [1.807, 2.05) is 32.0 Å². The Hall–Kier alpha value is -2.15. The second kappa shape index (κ2) is 7.23. The van der Waals surface area contributed by atoms with E-state index in [1.54, 1.807) is 0 Å². The van der Waals surface area contributed by atoms with Crippen LogP contribution in [0, 0.1) is 13.8 Å². The molecule has 3 rings (SSSR count). The first-order valence-corrected chi connectivity index (χ1v) is 10.4. The summed E-state index contributed by atoms with van der Waals surface area (Å²) in [5.74, 6) is -0.332. The summed E-state index contributed by atoms with van der Waals surface area (Å²) in [5.41, 5.74) is 2.68. The molecule has 0 atom stereocenters. The smallest absolute Gasteiger partial charge is 0.265 e. The minimum atomic E-state index is -3.68. The quantitative estimate of drug-likeness (QED) is 0.656. The molecule has 26 heavy (non-hydrogen) atoms. The number of nitrogens with one attached hydrogen (secondary N) is 1. The number of anilines is 1. The highest BCUT2D eigenvalue weighted by molar-refractivity contribution is 7.93. The number of thiophene rings is 1. The number of aryl methyl sites for hydroxylation is 2. The first-order valence-electron chi connectivity index (χ1n) is 7.76. The summed E-state index contributed by atoms with van der Waals surface area (Å²) in [6, 6.07) is 14.7. The van der Waals surface area contributed by atoms with Crippen molar-refractivity contribution in [2.75, 3.05) is 5.32 Å². The summed E-state index contributed by atoms with van der Waals surface area (Å²) in [6.45, 7) is 3.84. The number of hydrogen-bond donors (Lipinski definition) is 1. The first-order chi connectivity index (χ1) is 12.3. The third-order valence-corrected chi connectivity index (χ3v) is 7.43. The van der Waals surface area contributed by atoms with Crippen LogP contribution < -0.4 is 5.32 Å². The minimum Gasteiger partial charge on any atom is -0.321 e. The summed E-state index contributed by atoms with van der Waals surface area (Å²) in [6.07, 6.45) is 0. The molecule has 0 aliphatic heterocycles. The maximum Gasteiger partial charge on any atom is 0.265 e. The van der Waals surface area contributed by atoms with E-state index in [1.165, 1.54) is 36.4 Å². The Bertz CT molecular complexity index is 1070. The zero-order valence-corrected chi connectivity index (χ0v) is 16.5. The Kier molecular flexibility index (Phi) is 5.18. The van der Waals surface area contributed by atoms with Crippen LogP contribution in [0.5, 0.6) is 0 Å². The number of hydrogen-bond acceptors (Lipinski definition) is 4. The maximum atomic E-state index is 12.7. The van der Waals surface area contributed by atoms with Crippen molar-refractivity contribution in [3.05, 3.63) is 75.6 Å². The van der Waals surface area contributed by atoms with E-state index in [4.69, 9.17) is 11.6 Å². The zero-order valence-electron chi connectivity index (χ0n) is 14.1. The van der Waals surface area contributed by atoms with Crippen molar-refractivity contribution >= 4 is 44.4 Å². The van der Waals surface area contributed by atoms with Gasteiger partial charge in [0, 0.05) is 10.7 Å². The van der Waals surface area contributed by atoms with Gasteiger partial charge in [0.25, 0.3) is 5.91 Å². The maximum absolute atomic E-state index is 12.7. The monoisotopic (exact) mass is 405 g/mol. The molecule has 0 spiro atoms. The second-order valence-electron chi connectivity index (χ2n) is 5.85. The van der Waals surface area contributed by atoms with E-state index in [-0.39, 0.29) is 15.0 Å². The molecule has 0 bridgehead atoms. The van der Waals surface area contributed by atoms with E-state index in [0.717, 1.165) is 22.5 Å². The van der Waals surface area contributed by atoms with Crippen molar-refractivity contribution < 1.29 is 13.2 Å². The largest absolute Gasteiger partial charge is 0.321 e. The van der Waals surface area contributed by atoms with Crippen molar-refractivity contribution in [1.82, 2.24) is 0 Å². The lowest BCUT2D eigenvalue weighted by molar-refractivity contribution is 0.103. The fraction of sp³-hybridized carbons (Fsp3) is 0.105. The lowest BCUT2D eigenvalue weighted by Crippen LogP contribution is -2.11. The Balaban J connectivity index is 1.86. The lowest BCUT2D eigenvalue weighted by atomic mass is 10.1. The number of carbonyl (C=O) groups excluding carboxylic acids is 1. The van der Waals surface area contributed by atoms with Crippen LogP contribution in [0.4, 0.5) is 5.69 Å². The van der Waals surface area contributed by atoms with E-state index < -0.39 is 9.84 Å². The highest BCUT2D eigenvalue weighted by Gasteiger charge is 2.22. The average molecular weight is 406 g/mol. The topological polar surface area (TPSA) is 63.2 Å². The van der Waals surface area contributed by atoms with Gasteiger partial charge in [-0.05, 0) is 67.4 Å². The number of benzene rings is 2. The Morgan fingerprint density at radius 2 is 1.69 bits per heavy atom. The van der Waals surface area contributed by atoms with Crippen LogP contribution in [0.15, 0.2) is 63.7 Å². The Morgan fingerprint density at radius 3 is 2.38 bits per heavy atom. The molecule has 1 heterocycles. The number of amides is 1. The molecule has 1 N–H and O–H groups in total. The SMILES string of the molecule is Cc1ccc(C)c(NC(=O)c2ccc(S(=O)(=O)c3ccc(Cl)cc3)s2)c1. The summed E-state index contributed by atoms with van der Waals surface area (Å²) in [7, 11) is -3.68. The third-order valence-electron chi connectivity index (χ3n) is 3.84. The van der Waals surface area contributed by atoms with Crippen molar-refractivity contribution in [3.8, 4) is 0 Å². The van der Waals surface area contributed by atoms with Crippen LogP contribution >= 0.6 is 22.9 Å². The minimum absolute atomic E-state index is 0.117. The molecule has 4 nitrogen and oxygen atoms in total. The van der Waals surface area contributed by atoms with Gasteiger partial charge in [-0.25, -0.2) is 8.42 Å². The molecule has 0 saturated heterocycles. The van der Waals surface area contributed by atoms with Gasteiger partial charge < -0.3 is 5.32 Å². The van der Waals surface area contributed by atoms with Gasteiger partial charge in [-0.3, -0.25) is 4.79 Å². The van der Waals surface area contributed by atoms with Crippen molar-refractivity contribution in [3.63, 3.8) is 0 Å². The fourth-order valence-corrected chi connectivity index (χ4v) is 5.10. The summed E-state index contributed by atoms with van der Waals surface area (Å²) in [5, 5.41) is 3.30. The second-order valence-corrected chi connectivity index (χ2v) is 9.55. The molecule has 0 fully saturated rings. The van der Waals surface area contributed by atoms with E-state index >= 15 is 0 Å². The van der Waals surface area contributed by atoms with Crippen LogP contribution in [0.1, 0.15) is 20.8 Å². The van der Waals surface area contributed by atoms with Gasteiger partial charge in [0.2, 0.25) is 9.84 Å². The fourth-order valence-electron chi connectivity index (χ4n) is 2.37. The average Bonchev–Trinajstić information content (AvgIpc) is 3.09. The molecule has 0 unspecified atom stereocenters. The third kappa shape index (κ3) is 3.82. The van der Waals surface area contributed by atoms with Gasteiger partial charge in [0.15, 0.2) is 0 Å². The van der Waals surface area contributed by atoms with Crippen LogP contribution in [-0.4, -0.2) is 14.3 Å². The molecule has 3 aromatic rings. The Morgan fingerprint density at radius 1 is 1.00 bits per heavy atom. The number of rotatable bonds is 4. The van der Waals surface area contributed by atoms with Gasteiger partial charge >= 0.3 is 0 Å². The molecule has 0 aliphatic carbocycles. The molecule has 0 radical (unpaired) electrons. The number of sulfone groups is 1. The summed E-state index contributed by atoms with van der Waals surface area (Å²) in [4.78, 5) is 13.0. The molecule has 7 heteroatoms. The van der Waals surface area contributed by atoms with Gasteiger partial charge in [0.05, 0.1) is 9.77 Å². The predicted octanol–water partition coefficient (Wildman–Crippen LogP) is 5.10. The first kappa shape index (κ1) is 18.6. The number of carbonyl (C=O) groups is 1. The molecule has 0 aliphatic rings. The molecule has 2 aromatic carbocycles. The standard InChI is InChI=1S/C19H16ClNO3S2/c1-12-3-4-13(2)16(11-12)21-19(22)17-9-10-18(25-17)26(23,24)15-7-5-14(20)6-8-15/h3-11H,1-2H3,(H,21,22). The lowest BCUT2D eigenvalue weighted by Gasteiger charge is -2.08. The molecule has 134 valence electrons. The van der Waals surface area contributed by atoms with Gasteiger partial charge in [0.1, 0.15) is 4.21 Å². The van der Waals surface area contributed by atoms with Crippen LogP contribution in [0.3, 0.4) is 0 Å². The van der Waals surface area contributed by atoms with E-state index in [0.29, 0.717) is 15.6 Å². The van der Waals surface area contributed by atoms with Crippen molar-refractivity contribution in [1.29, 1.82) is 0 Å². The Labute approximate surface area is 161 Å². The molecular formula is C19H16ClNO3S2. The number of halogens is 1. The van der Waals surface area contributed by atoms with Crippen LogP contribution in [0.25, 0.3) is 0 Å². The molecule has 0 saturated carbocycles. The highest BCUT2D eigenvalue weighted by Crippen LogP contribution is 2.29. The highest BCUT2D eigenvalue weighted by atomic mass is 35.5. The van der Waals surface area contributed by atoms with Gasteiger partial charge in [-0.15, -0.1) is 11.3 Å². The molecule has 1 amide bonds. The molecule has 1 aromatic heterocycles.